The van der Waals surface area contributed by atoms with E-state index < -0.39 is 0 Å². The van der Waals surface area contributed by atoms with Crippen LogP contribution in [-0.2, 0) is 6.54 Å². The summed E-state index contributed by atoms with van der Waals surface area (Å²) in [6.45, 7) is 5.13. The molecule has 20 heavy (non-hydrogen) atoms. The molecule has 1 heterocycles. The molecule has 3 rings (SSSR count). The van der Waals surface area contributed by atoms with Crippen LogP contribution in [0.25, 0.3) is 10.9 Å². The number of aryl methyl sites for hydroxylation is 2. The molecule has 0 aliphatic heterocycles. The Morgan fingerprint density at radius 3 is 2.50 bits per heavy atom. The van der Waals surface area contributed by atoms with Gasteiger partial charge in [0.2, 0.25) is 0 Å². The first-order valence-corrected chi connectivity index (χ1v) is 6.78. The Kier molecular flexibility index (Phi) is 3.15. The van der Waals surface area contributed by atoms with Crippen LogP contribution >= 0.6 is 0 Å². The molecule has 2 nitrogen and oxygen atoms in total. The first kappa shape index (κ1) is 12.7. The highest BCUT2D eigenvalue weighted by atomic mass is 16.1. The van der Waals surface area contributed by atoms with Crippen LogP contribution in [0, 0.1) is 13.8 Å². The Morgan fingerprint density at radius 1 is 1.05 bits per heavy atom. The van der Waals surface area contributed by atoms with Gasteiger partial charge in [-0.2, -0.15) is 0 Å². The Balaban J connectivity index is 2.09. The standard InChI is InChI=1S/C18H17NO/c1-13-4-3-5-14(2)17(13)11-19-9-8-16-7-6-15(12-20)10-18(16)19/h3-10,12H,11H2,1-2H3. The lowest BCUT2D eigenvalue weighted by molar-refractivity contribution is 0.112. The number of hydrogen-bond donors (Lipinski definition) is 0. The lowest BCUT2D eigenvalue weighted by atomic mass is 10.0. The van der Waals surface area contributed by atoms with E-state index in [1.807, 2.05) is 18.2 Å². The van der Waals surface area contributed by atoms with Crippen LogP contribution in [0.1, 0.15) is 27.0 Å². The molecule has 2 heteroatoms. The van der Waals surface area contributed by atoms with Gasteiger partial charge in [-0.25, -0.2) is 0 Å². The maximum Gasteiger partial charge on any atom is 0.150 e. The van der Waals surface area contributed by atoms with Crippen LogP contribution in [0.5, 0.6) is 0 Å². The molecule has 0 bridgehead atoms. The molecule has 0 fully saturated rings. The van der Waals surface area contributed by atoms with Gasteiger partial charge in [-0.15, -0.1) is 0 Å². The molecular weight excluding hydrogens is 246 g/mol. The number of hydrogen-bond acceptors (Lipinski definition) is 1. The largest absolute Gasteiger partial charge is 0.343 e. The Labute approximate surface area is 118 Å². The van der Waals surface area contributed by atoms with Crippen molar-refractivity contribution < 1.29 is 4.79 Å². The maximum atomic E-state index is 10.9. The van der Waals surface area contributed by atoms with Gasteiger partial charge in [-0.3, -0.25) is 4.79 Å². The van der Waals surface area contributed by atoms with Gasteiger partial charge >= 0.3 is 0 Å². The van der Waals surface area contributed by atoms with Crippen molar-refractivity contribution in [3.63, 3.8) is 0 Å². The average molecular weight is 263 g/mol. The number of benzene rings is 2. The van der Waals surface area contributed by atoms with Crippen molar-refractivity contribution in [1.82, 2.24) is 4.57 Å². The minimum atomic E-state index is 0.721. The smallest absolute Gasteiger partial charge is 0.150 e. The molecule has 2 aromatic carbocycles. The molecule has 0 saturated heterocycles. The van der Waals surface area contributed by atoms with Gasteiger partial charge < -0.3 is 4.57 Å². The third-order valence-corrected chi connectivity index (χ3v) is 3.91. The molecule has 1 aromatic heterocycles. The molecule has 0 radical (unpaired) electrons. The molecule has 0 spiro atoms. The van der Waals surface area contributed by atoms with E-state index in [0.29, 0.717) is 0 Å². The van der Waals surface area contributed by atoms with Crippen LogP contribution in [0.15, 0.2) is 48.7 Å². The lowest BCUT2D eigenvalue weighted by Gasteiger charge is -2.12. The van der Waals surface area contributed by atoms with E-state index in [-0.39, 0.29) is 0 Å². The highest BCUT2D eigenvalue weighted by molar-refractivity contribution is 5.87. The van der Waals surface area contributed by atoms with Crippen molar-refractivity contribution in [3.05, 3.63) is 70.9 Å². The van der Waals surface area contributed by atoms with Crippen molar-refractivity contribution in [1.29, 1.82) is 0 Å². The maximum absolute atomic E-state index is 10.9. The van der Waals surface area contributed by atoms with Gasteiger partial charge in [0.15, 0.2) is 0 Å². The van der Waals surface area contributed by atoms with Gasteiger partial charge in [0.05, 0.1) is 0 Å². The first-order chi connectivity index (χ1) is 9.69. The van der Waals surface area contributed by atoms with Crippen LogP contribution in [0.2, 0.25) is 0 Å². The summed E-state index contributed by atoms with van der Waals surface area (Å²) in [6.07, 6.45) is 2.99. The Hall–Kier alpha value is -2.35. The zero-order valence-corrected chi connectivity index (χ0v) is 11.8. The van der Waals surface area contributed by atoms with Gasteiger partial charge in [0.25, 0.3) is 0 Å². The summed E-state index contributed by atoms with van der Waals surface area (Å²) in [5.74, 6) is 0. The molecule has 0 unspecified atom stereocenters. The molecule has 0 amide bonds. The summed E-state index contributed by atoms with van der Waals surface area (Å²) >= 11 is 0. The van der Waals surface area contributed by atoms with Crippen LogP contribution in [-0.4, -0.2) is 10.9 Å². The highest BCUT2D eigenvalue weighted by Gasteiger charge is 2.06. The molecule has 0 saturated carbocycles. The second kappa shape index (κ2) is 4.97. The fourth-order valence-corrected chi connectivity index (χ4v) is 2.68. The molecule has 100 valence electrons. The number of aromatic nitrogens is 1. The van der Waals surface area contributed by atoms with Crippen LogP contribution < -0.4 is 0 Å². The summed E-state index contributed by atoms with van der Waals surface area (Å²) < 4.78 is 2.21. The summed E-state index contributed by atoms with van der Waals surface area (Å²) in [5, 5.41) is 1.17. The molecule has 0 aliphatic rings. The third kappa shape index (κ3) is 2.14. The fraction of sp³-hybridized carbons (Fsp3) is 0.167. The van der Waals surface area contributed by atoms with E-state index in [9.17, 15) is 4.79 Å². The third-order valence-electron chi connectivity index (χ3n) is 3.91. The minimum Gasteiger partial charge on any atom is -0.343 e. The van der Waals surface area contributed by atoms with Crippen molar-refractivity contribution in [2.24, 2.45) is 0 Å². The van der Waals surface area contributed by atoms with Gasteiger partial charge in [-0.05, 0) is 48.1 Å². The fourth-order valence-electron chi connectivity index (χ4n) is 2.68. The quantitative estimate of drug-likeness (QED) is 0.651. The molecule has 3 aromatic rings. The molecule has 0 aliphatic carbocycles. The second-order valence-electron chi connectivity index (χ2n) is 5.25. The average Bonchev–Trinajstić information content (AvgIpc) is 2.85. The van der Waals surface area contributed by atoms with Crippen molar-refractivity contribution in [3.8, 4) is 0 Å². The van der Waals surface area contributed by atoms with Gasteiger partial charge in [0.1, 0.15) is 6.29 Å². The summed E-state index contributed by atoms with van der Waals surface area (Å²) in [7, 11) is 0. The normalized spacial score (nSPS) is 10.9. The monoisotopic (exact) mass is 263 g/mol. The van der Waals surface area contributed by atoms with Crippen molar-refractivity contribution >= 4 is 17.2 Å². The number of aldehydes is 1. The van der Waals surface area contributed by atoms with Crippen molar-refractivity contribution in [2.45, 2.75) is 20.4 Å². The van der Waals surface area contributed by atoms with Crippen LogP contribution in [0.4, 0.5) is 0 Å². The van der Waals surface area contributed by atoms with E-state index in [1.54, 1.807) is 0 Å². The molecular formula is C18H17NO. The molecule has 0 atom stereocenters. The SMILES string of the molecule is Cc1cccc(C)c1Cn1ccc2ccc(C=O)cc21. The lowest BCUT2D eigenvalue weighted by Crippen LogP contribution is -2.02. The first-order valence-electron chi connectivity index (χ1n) is 6.78. The van der Waals surface area contributed by atoms with Crippen molar-refractivity contribution in [2.75, 3.05) is 0 Å². The predicted octanol–water partition coefficient (Wildman–Crippen LogP) is 4.12. The van der Waals surface area contributed by atoms with E-state index in [1.165, 1.54) is 22.1 Å². The van der Waals surface area contributed by atoms with Crippen LogP contribution in [0.3, 0.4) is 0 Å². The molecule has 0 N–H and O–H groups in total. The zero-order valence-electron chi connectivity index (χ0n) is 11.8. The minimum absolute atomic E-state index is 0.721. The highest BCUT2D eigenvalue weighted by Crippen LogP contribution is 2.21. The topological polar surface area (TPSA) is 22.0 Å². The van der Waals surface area contributed by atoms with E-state index in [2.05, 4.69) is 48.9 Å². The zero-order chi connectivity index (χ0) is 14.1. The number of rotatable bonds is 3. The van der Waals surface area contributed by atoms with E-state index in [0.717, 1.165) is 23.9 Å². The second-order valence-corrected chi connectivity index (χ2v) is 5.25. The Bertz CT molecular complexity index is 763. The van der Waals surface area contributed by atoms with E-state index in [4.69, 9.17) is 0 Å². The number of fused-ring (bicyclic) bond motifs is 1. The summed E-state index contributed by atoms with van der Waals surface area (Å²) in [6, 6.07) is 14.3. The number of carbonyl (C=O) groups excluding carboxylic acids is 1. The summed E-state index contributed by atoms with van der Waals surface area (Å²) in [4.78, 5) is 10.9. The predicted molar refractivity (Wildman–Crippen MR) is 82.3 cm³/mol. The number of carbonyl (C=O) groups is 1. The Morgan fingerprint density at radius 2 is 1.80 bits per heavy atom. The van der Waals surface area contributed by atoms with Gasteiger partial charge in [-0.1, -0.05) is 30.3 Å². The summed E-state index contributed by atoms with van der Waals surface area (Å²) in [5.41, 5.74) is 5.79. The number of nitrogens with zero attached hydrogens (tertiary/aromatic N) is 1. The van der Waals surface area contributed by atoms with E-state index >= 15 is 0 Å². The van der Waals surface area contributed by atoms with Gasteiger partial charge in [0, 0.05) is 23.8 Å².